The fourth-order valence-corrected chi connectivity index (χ4v) is 4.05. The quantitative estimate of drug-likeness (QED) is 0.829. The number of aliphatic hydroxyl groups excluding tert-OH is 1. The van der Waals surface area contributed by atoms with Crippen molar-refractivity contribution < 1.29 is 18.3 Å². The number of allylic oxidation sites excluding steroid dienone is 1. The fraction of sp³-hybridized carbons (Fsp3) is 0.154. The van der Waals surface area contributed by atoms with Crippen molar-refractivity contribution in [2.24, 2.45) is 7.05 Å². The van der Waals surface area contributed by atoms with Crippen LogP contribution < -0.4 is 4.72 Å². The Kier molecular flexibility index (Phi) is 2.46. The van der Waals surface area contributed by atoms with Crippen LogP contribution >= 0.6 is 0 Å². The maximum atomic E-state index is 12.3. The number of hydrogen-bond donors (Lipinski definition) is 2. The van der Waals surface area contributed by atoms with Crippen LogP contribution in [0, 0.1) is 0 Å². The highest BCUT2D eigenvalue weighted by atomic mass is 32.2. The molecule has 104 valence electrons. The number of rotatable bonds is 1. The number of Topliss-reactive ketones (excluding diaryl/α,β-unsaturated/α-hetero) is 1. The molecule has 3 rings (SSSR count). The Bertz CT molecular complexity index is 890. The summed E-state index contributed by atoms with van der Waals surface area (Å²) >= 11 is 0. The Morgan fingerprint density at radius 3 is 2.60 bits per heavy atom. The molecular weight excluding hydrogens is 280 g/mol. The molecular formula is C13H12N2O4S. The van der Waals surface area contributed by atoms with Crippen LogP contribution in [0.1, 0.15) is 12.6 Å². The Morgan fingerprint density at radius 2 is 1.95 bits per heavy atom. The molecule has 0 unspecified atom stereocenters. The maximum Gasteiger partial charge on any atom is 0.265 e. The molecule has 6 nitrogen and oxygen atoms in total. The van der Waals surface area contributed by atoms with Gasteiger partial charge in [0.05, 0.1) is 0 Å². The number of aromatic nitrogens is 1. The molecule has 0 spiro atoms. The number of aryl methyl sites for hydroxylation is 1. The summed E-state index contributed by atoms with van der Waals surface area (Å²) in [6.45, 7) is 1.20. The van der Waals surface area contributed by atoms with Crippen LogP contribution in [-0.4, -0.2) is 23.9 Å². The summed E-state index contributed by atoms with van der Waals surface area (Å²) in [4.78, 5) is 11.5. The molecule has 0 amide bonds. The standard InChI is InChI=1S/C13H12N2O4S/c1-7(16)10-12(17)11-13(20(18,19)14-10)8-5-3-4-6-9(8)15(11)2/h3-6,14,17H,1-2H3. The van der Waals surface area contributed by atoms with Gasteiger partial charge in [-0.1, -0.05) is 18.2 Å². The van der Waals surface area contributed by atoms with Crippen molar-refractivity contribution in [3.05, 3.63) is 35.7 Å². The predicted molar refractivity (Wildman–Crippen MR) is 73.5 cm³/mol. The lowest BCUT2D eigenvalue weighted by Crippen LogP contribution is -2.32. The maximum absolute atomic E-state index is 12.3. The van der Waals surface area contributed by atoms with Crippen LogP contribution in [0.4, 0.5) is 0 Å². The van der Waals surface area contributed by atoms with E-state index in [-0.39, 0.29) is 22.0 Å². The van der Waals surface area contributed by atoms with Crippen molar-refractivity contribution in [1.82, 2.24) is 9.29 Å². The lowest BCUT2D eigenvalue weighted by molar-refractivity contribution is -0.113. The van der Waals surface area contributed by atoms with E-state index in [2.05, 4.69) is 4.72 Å². The van der Waals surface area contributed by atoms with Gasteiger partial charge in [-0.3, -0.25) is 9.52 Å². The number of carbonyl (C=O) groups excluding carboxylic acids is 1. The number of sulfonamides is 1. The normalized spacial score (nSPS) is 16.9. The molecule has 0 saturated carbocycles. The predicted octanol–water partition coefficient (Wildman–Crippen LogP) is 1.29. The van der Waals surface area contributed by atoms with Crippen molar-refractivity contribution in [3.63, 3.8) is 0 Å². The molecule has 0 fully saturated rings. The minimum atomic E-state index is -3.88. The molecule has 2 aromatic rings. The van der Waals surface area contributed by atoms with Gasteiger partial charge < -0.3 is 9.67 Å². The molecule has 1 aromatic carbocycles. The average molecular weight is 292 g/mol. The zero-order valence-electron chi connectivity index (χ0n) is 10.8. The van der Waals surface area contributed by atoms with E-state index >= 15 is 0 Å². The summed E-state index contributed by atoms with van der Waals surface area (Å²) in [7, 11) is -2.24. The molecule has 1 aliphatic heterocycles. The third-order valence-electron chi connectivity index (χ3n) is 3.38. The molecule has 0 radical (unpaired) electrons. The second-order valence-corrected chi connectivity index (χ2v) is 6.26. The number of ketones is 1. The molecule has 2 heterocycles. The molecule has 1 aliphatic rings. The number of benzene rings is 1. The van der Waals surface area contributed by atoms with Gasteiger partial charge in [-0.2, -0.15) is 0 Å². The number of para-hydroxylation sites is 1. The van der Waals surface area contributed by atoms with Crippen molar-refractivity contribution in [2.45, 2.75) is 11.8 Å². The number of fused-ring (bicyclic) bond motifs is 3. The first kappa shape index (κ1) is 12.7. The van der Waals surface area contributed by atoms with E-state index in [1.54, 1.807) is 35.9 Å². The van der Waals surface area contributed by atoms with Gasteiger partial charge in [0.2, 0.25) is 0 Å². The number of hydrogen-bond acceptors (Lipinski definition) is 4. The zero-order chi connectivity index (χ0) is 14.7. The summed E-state index contributed by atoms with van der Waals surface area (Å²) in [6.07, 6.45) is 0. The van der Waals surface area contributed by atoms with Crippen molar-refractivity contribution in [3.8, 4) is 0 Å². The topological polar surface area (TPSA) is 88.4 Å². The summed E-state index contributed by atoms with van der Waals surface area (Å²) in [6, 6.07) is 6.92. The molecule has 1 aromatic heterocycles. The molecule has 20 heavy (non-hydrogen) atoms. The van der Waals surface area contributed by atoms with E-state index in [0.29, 0.717) is 10.9 Å². The third kappa shape index (κ3) is 1.50. The van der Waals surface area contributed by atoms with Crippen LogP contribution in [0.15, 0.2) is 34.9 Å². The summed E-state index contributed by atoms with van der Waals surface area (Å²) < 4.78 is 28.4. The second-order valence-electron chi connectivity index (χ2n) is 4.64. The summed E-state index contributed by atoms with van der Waals surface area (Å²) in [5.74, 6) is -0.886. The van der Waals surface area contributed by atoms with Crippen LogP contribution in [0.5, 0.6) is 0 Å². The number of carbonyl (C=O) groups is 1. The van der Waals surface area contributed by atoms with E-state index in [0.717, 1.165) is 0 Å². The highest BCUT2D eigenvalue weighted by molar-refractivity contribution is 7.90. The third-order valence-corrected chi connectivity index (χ3v) is 4.80. The SMILES string of the molecule is CC(=O)C1=C(O)c2c(c3ccccc3n2C)S(=O)(=O)N1. The van der Waals surface area contributed by atoms with E-state index in [1.807, 2.05) is 0 Å². The minimum absolute atomic E-state index is 0.00176. The molecule has 0 saturated heterocycles. The van der Waals surface area contributed by atoms with Gasteiger partial charge in [0.1, 0.15) is 16.3 Å². The van der Waals surface area contributed by atoms with Gasteiger partial charge in [-0.05, 0) is 6.07 Å². The molecule has 0 atom stereocenters. The van der Waals surface area contributed by atoms with Gasteiger partial charge in [-0.15, -0.1) is 0 Å². The van der Waals surface area contributed by atoms with E-state index < -0.39 is 15.8 Å². The highest BCUT2D eigenvalue weighted by Crippen LogP contribution is 2.36. The Hall–Kier alpha value is -2.28. The van der Waals surface area contributed by atoms with Crippen LogP contribution in [0.25, 0.3) is 16.7 Å². The van der Waals surface area contributed by atoms with Crippen molar-refractivity contribution in [1.29, 1.82) is 0 Å². The average Bonchev–Trinajstić information content (AvgIpc) is 2.69. The van der Waals surface area contributed by atoms with Gasteiger partial charge in [0, 0.05) is 24.9 Å². The van der Waals surface area contributed by atoms with Crippen LogP contribution in [-0.2, 0) is 21.9 Å². The van der Waals surface area contributed by atoms with E-state index in [1.165, 1.54) is 6.92 Å². The minimum Gasteiger partial charge on any atom is -0.504 e. The first-order valence-electron chi connectivity index (χ1n) is 5.89. The molecule has 2 N–H and O–H groups in total. The molecule has 7 heteroatoms. The zero-order valence-corrected chi connectivity index (χ0v) is 11.7. The Labute approximate surface area is 115 Å². The first-order chi connectivity index (χ1) is 9.34. The number of nitrogens with one attached hydrogen (secondary N) is 1. The lowest BCUT2D eigenvalue weighted by Gasteiger charge is -2.18. The van der Waals surface area contributed by atoms with Gasteiger partial charge in [0.25, 0.3) is 10.0 Å². The van der Waals surface area contributed by atoms with Crippen molar-refractivity contribution in [2.75, 3.05) is 0 Å². The van der Waals surface area contributed by atoms with Crippen molar-refractivity contribution >= 4 is 32.5 Å². The monoisotopic (exact) mass is 292 g/mol. The highest BCUT2D eigenvalue weighted by Gasteiger charge is 2.36. The Morgan fingerprint density at radius 1 is 1.30 bits per heavy atom. The van der Waals surface area contributed by atoms with Gasteiger partial charge in [-0.25, -0.2) is 8.42 Å². The van der Waals surface area contributed by atoms with Gasteiger partial charge in [0.15, 0.2) is 11.5 Å². The van der Waals surface area contributed by atoms with E-state index in [9.17, 15) is 18.3 Å². The molecule has 0 aliphatic carbocycles. The van der Waals surface area contributed by atoms with Gasteiger partial charge >= 0.3 is 0 Å². The first-order valence-corrected chi connectivity index (χ1v) is 7.37. The number of aliphatic hydroxyl groups is 1. The van der Waals surface area contributed by atoms with Crippen LogP contribution in [0.3, 0.4) is 0 Å². The smallest absolute Gasteiger partial charge is 0.265 e. The summed E-state index contributed by atoms with van der Waals surface area (Å²) in [5.41, 5.74) is 0.498. The fourth-order valence-electron chi connectivity index (χ4n) is 2.49. The van der Waals surface area contributed by atoms with E-state index in [4.69, 9.17) is 0 Å². The van der Waals surface area contributed by atoms with Crippen LogP contribution in [0.2, 0.25) is 0 Å². The molecule has 0 bridgehead atoms. The lowest BCUT2D eigenvalue weighted by atomic mass is 10.2. The summed E-state index contributed by atoms with van der Waals surface area (Å²) in [5, 5.41) is 10.7. The second kappa shape index (κ2) is 3.86. The Balaban J connectivity index is 2.55. The number of nitrogens with zero attached hydrogens (tertiary/aromatic N) is 1. The largest absolute Gasteiger partial charge is 0.504 e.